The number of carbonyl (C=O) groups is 1. The van der Waals surface area contributed by atoms with Gasteiger partial charge in [0.1, 0.15) is 0 Å². The third kappa shape index (κ3) is 4.11. The molecule has 0 unspecified atom stereocenters. The molecule has 1 fully saturated rings. The van der Waals surface area contributed by atoms with Crippen molar-refractivity contribution in [2.75, 3.05) is 31.9 Å². The molecule has 104 valence electrons. The van der Waals surface area contributed by atoms with Crippen molar-refractivity contribution < 1.29 is 4.79 Å². The molecule has 1 aromatic carbocycles. The van der Waals surface area contributed by atoms with Gasteiger partial charge in [0.25, 0.3) is 5.91 Å². The molecule has 2 rings (SSSR count). The SMILES string of the molecule is Nc1ccc(Cl)cc1C(=O)NCCCN1CCCC1. The van der Waals surface area contributed by atoms with Crippen molar-refractivity contribution in [2.24, 2.45) is 0 Å². The minimum atomic E-state index is -0.151. The van der Waals surface area contributed by atoms with Crippen molar-refractivity contribution in [3.05, 3.63) is 28.8 Å². The van der Waals surface area contributed by atoms with Crippen molar-refractivity contribution in [3.8, 4) is 0 Å². The van der Waals surface area contributed by atoms with Gasteiger partial charge < -0.3 is 16.0 Å². The average Bonchev–Trinajstić information content (AvgIpc) is 2.90. The van der Waals surface area contributed by atoms with Gasteiger partial charge in [0.05, 0.1) is 5.56 Å². The van der Waals surface area contributed by atoms with Crippen molar-refractivity contribution in [1.82, 2.24) is 10.2 Å². The second-order valence-electron chi connectivity index (χ2n) is 4.89. The van der Waals surface area contributed by atoms with Gasteiger partial charge in [-0.15, -0.1) is 0 Å². The van der Waals surface area contributed by atoms with Gasteiger partial charge in [-0.3, -0.25) is 4.79 Å². The number of hydrogen-bond donors (Lipinski definition) is 2. The number of nitrogen functional groups attached to an aromatic ring is 1. The Morgan fingerprint density at radius 2 is 2.11 bits per heavy atom. The lowest BCUT2D eigenvalue weighted by molar-refractivity contribution is 0.0953. The van der Waals surface area contributed by atoms with Crippen LogP contribution in [-0.2, 0) is 0 Å². The largest absolute Gasteiger partial charge is 0.398 e. The molecule has 0 saturated carbocycles. The number of rotatable bonds is 5. The van der Waals surface area contributed by atoms with Gasteiger partial charge >= 0.3 is 0 Å². The minimum absolute atomic E-state index is 0.151. The zero-order valence-electron chi connectivity index (χ0n) is 11.0. The van der Waals surface area contributed by atoms with E-state index in [1.165, 1.54) is 25.9 Å². The fraction of sp³-hybridized carbons (Fsp3) is 0.500. The van der Waals surface area contributed by atoms with Gasteiger partial charge in [-0.2, -0.15) is 0 Å². The summed E-state index contributed by atoms with van der Waals surface area (Å²) in [7, 11) is 0. The molecule has 0 bridgehead atoms. The molecule has 0 spiro atoms. The maximum Gasteiger partial charge on any atom is 0.253 e. The monoisotopic (exact) mass is 281 g/mol. The summed E-state index contributed by atoms with van der Waals surface area (Å²) < 4.78 is 0. The summed E-state index contributed by atoms with van der Waals surface area (Å²) in [5.41, 5.74) is 6.68. The highest BCUT2D eigenvalue weighted by Crippen LogP contribution is 2.17. The van der Waals surface area contributed by atoms with E-state index < -0.39 is 0 Å². The molecule has 19 heavy (non-hydrogen) atoms. The van der Waals surface area contributed by atoms with Crippen molar-refractivity contribution in [3.63, 3.8) is 0 Å². The van der Waals surface area contributed by atoms with E-state index in [1.54, 1.807) is 18.2 Å². The summed E-state index contributed by atoms with van der Waals surface area (Å²) in [4.78, 5) is 14.4. The Bertz CT molecular complexity index is 444. The first-order valence-electron chi connectivity index (χ1n) is 6.72. The maximum absolute atomic E-state index is 12.0. The van der Waals surface area contributed by atoms with E-state index in [1.807, 2.05) is 0 Å². The Hall–Kier alpha value is -1.26. The van der Waals surface area contributed by atoms with E-state index in [-0.39, 0.29) is 5.91 Å². The van der Waals surface area contributed by atoms with Gasteiger partial charge in [0, 0.05) is 17.3 Å². The summed E-state index contributed by atoms with van der Waals surface area (Å²) in [6.45, 7) is 4.09. The van der Waals surface area contributed by atoms with Crippen LogP contribution < -0.4 is 11.1 Å². The number of nitrogens with two attached hydrogens (primary N) is 1. The van der Waals surface area contributed by atoms with E-state index in [9.17, 15) is 4.79 Å². The fourth-order valence-corrected chi connectivity index (χ4v) is 2.50. The lowest BCUT2D eigenvalue weighted by Gasteiger charge is -2.14. The minimum Gasteiger partial charge on any atom is -0.398 e. The molecule has 0 atom stereocenters. The second kappa shape index (κ2) is 6.78. The molecule has 3 N–H and O–H groups in total. The van der Waals surface area contributed by atoms with Crippen LogP contribution in [0.1, 0.15) is 29.6 Å². The third-order valence-electron chi connectivity index (χ3n) is 3.40. The lowest BCUT2D eigenvalue weighted by Crippen LogP contribution is -2.29. The molecule has 1 aliphatic heterocycles. The number of halogens is 1. The number of hydrogen-bond acceptors (Lipinski definition) is 3. The highest BCUT2D eigenvalue weighted by molar-refractivity contribution is 6.31. The molecule has 1 aromatic rings. The molecule has 0 radical (unpaired) electrons. The van der Waals surface area contributed by atoms with Crippen LogP contribution in [0.3, 0.4) is 0 Å². The summed E-state index contributed by atoms with van der Waals surface area (Å²) in [6, 6.07) is 4.94. The highest BCUT2D eigenvalue weighted by atomic mass is 35.5. The van der Waals surface area contributed by atoms with Crippen LogP contribution in [0, 0.1) is 0 Å². The molecule has 0 aliphatic carbocycles. The zero-order valence-corrected chi connectivity index (χ0v) is 11.7. The van der Waals surface area contributed by atoms with Gasteiger partial charge in [0.15, 0.2) is 0 Å². The number of amides is 1. The Labute approximate surface area is 118 Å². The molecular formula is C14H20ClN3O. The van der Waals surface area contributed by atoms with Crippen LogP contribution in [0.2, 0.25) is 5.02 Å². The standard InChI is InChI=1S/C14H20ClN3O/c15-11-4-5-13(16)12(10-11)14(19)17-6-3-9-18-7-1-2-8-18/h4-5,10H,1-3,6-9,16H2,(H,17,19). The van der Waals surface area contributed by atoms with Crippen LogP contribution in [0.15, 0.2) is 18.2 Å². The number of carbonyl (C=O) groups excluding carboxylic acids is 1. The highest BCUT2D eigenvalue weighted by Gasteiger charge is 2.12. The molecule has 0 aromatic heterocycles. The predicted octanol–water partition coefficient (Wildman–Crippen LogP) is 2.14. The third-order valence-corrected chi connectivity index (χ3v) is 3.63. The molecule has 1 heterocycles. The average molecular weight is 282 g/mol. The Balaban J connectivity index is 1.75. The van der Waals surface area contributed by atoms with Gasteiger partial charge in [-0.05, 0) is 57.1 Å². The van der Waals surface area contributed by atoms with Crippen LogP contribution >= 0.6 is 11.6 Å². The van der Waals surface area contributed by atoms with Crippen LogP contribution in [-0.4, -0.2) is 37.0 Å². The molecule has 4 nitrogen and oxygen atoms in total. The Morgan fingerprint density at radius 3 is 2.84 bits per heavy atom. The topological polar surface area (TPSA) is 58.4 Å². The number of likely N-dealkylation sites (tertiary alicyclic amines) is 1. The van der Waals surface area contributed by atoms with E-state index in [2.05, 4.69) is 10.2 Å². The number of anilines is 1. The van der Waals surface area contributed by atoms with Crippen molar-refractivity contribution in [1.29, 1.82) is 0 Å². The predicted molar refractivity (Wildman–Crippen MR) is 78.5 cm³/mol. The smallest absolute Gasteiger partial charge is 0.253 e. The van der Waals surface area contributed by atoms with Crippen molar-refractivity contribution in [2.45, 2.75) is 19.3 Å². The van der Waals surface area contributed by atoms with E-state index in [0.717, 1.165) is 13.0 Å². The molecular weight excluding hydrogens is 262 g/mol. The summed E-state index contributed by atoms with van der Waals surface area (Å²) >= 11 is 5.87. The van der Waals surface area contributed by atoms with Crippen LogP contribution in [0.4, 0.5) is 5.69 Å². The zero-order chi connectivity index (χ0) is 13.7. The molecule has 5 heteroatoms. The first-order chi connectivity index (χ1) is 9.16. The second-order valence-corrected chi connectivity index (χ2v) is 5.33. The first kappa shape index (κ1) is 14.2. The van der Waals surface area contributed by atoms with Gasteiger partial charge in [0.2, 0.25) is 0 Å². The van der Waals surface area contributed by atoms with E-state index in [0.29, 0.717) is 22.8 Å². The molecule has 1 aliphatic rings. The fourth-order valence-electron chi connectivity index (χ4n) is 2.33. The summed E-state index contributed by atoms with van der Waals surface area (Å²) in [5.74, 6) is -0.151. The summed E-state index contributed by atoms with van der Waals surface area (Å²) in [6.07, 6.45) is 3.56. The first-order valence-corrected chi connectivity index (χ1v) is 7.10. The number of benzene rings is 1. The van der Waals surface area contributed by atoms with E-state index in [4.69, 9.17) is 17.3 Å². The van der Waals surface area contributed by atoms with E-state index >= 15 is 0 Å². The Morgan fingerprint density at radius 1 is 1.37 bits per heavy atom. The van der Waals surface area contributed by atoms with Gasteiger partial charge in [-0.25, -0.2) is 0 Å². The number of nitrogens with one attached hydrogen (secondary N) is 1. The lowest BCUT2D eigenvalue weighted by atomic mass is 10.1. The number of nitrogens with zero attached hydrogens (tertiary/aromatic N) is 1. The van der Waals surface area contributed by atoms with Crippen molar-refractivity contribution >= 4 is 23.2 Å². The van der Waals surface area contributed by atoms with Crippen LogP contribution in [0.5, 0.6) is 0 Å². The van der Waals surface area contributed by atoms with Gasteiger partial charge in [-0.1, -0.05) is 11.6 Å². The normalized spacial score (nSPS) is 15.6. The quantitative estimate of drug-likeness (QED) is 0.642. The maximum atomic E-state index is 12.0. The summed E-state index contributed by atoms with van der Waals surface area (Å²) in [5, 5.41) is 3.41. The van der Waals surface area contributed by atoms with Crippen LogP contribution in [0.25, 0.3) is 0 Å². The molecule has 1 amide bonds. The Kier molecular flexibility index (Phi) is 5.05. The molecule has 1 saturated heterocycles.